The van der Waals surface area contributed by atoms with Gasteiger partial charge in [-0.15, -0.1) is 0 Å². The van der Waals surface area contributed by atoms with Crippen molar-refractivity contribution in [2.45, 2.75) is 24.9 Å². The number of halogens is 3. The minimum atomic E-state index is -4.88. The molecule has 1 aliphatic rings. The number of nitrogens with one attached hydrogen (secondary N) is 1. The van der Waals surface area contributed by atoms with Crippen LogP contribution >= 0.6 is 0 Å². The summed E-state index contributed by atoms with van der Waals surface area (Å²) in [5.41, 5.74) is 1.60. The van der Waals surface area contributed by atoms with Gasteiger partial charge in [0.25, 0.3) is 11.9 Å². The molecule has 11 heteroatoms. The summed E-state index contributed by atoms with van der Waals surface area (Å²) in [7, 11) is 1.29. The van der Waals surface area contributed by atoms with Crippen molar-refractivity contribution in [1.29, 1.82) is 0 Å². The number of esters is 1. The van der Waals surface area contributed by atoms with Crippen LogP contribution in [0.4, 0.5) is 25.0 Å². The largest absolute Gasteiger partial charge is 0.465 e. The number of nitrogens with zero attached hydrogens (tertiary/aromatic N) is 3. The van der Waals surface area contributed by atoms with Crippen molar-refractivity contribution in [1.82, 2.24) is 9.97 Å². The van der Waals surface area contributed by atoms with E-state index < -0.39 is 29.5 Å². The number of pyridine rings is 1. The first-order valence-corrected chi connectivity index (χ1v) is 12.6. The molecule has 0 aliphatic carbocycles. The van der Waals surface area contributed by atoms with Gasteiger partial charge < -0.3 is 19.4 Å². The molecule has 1 aliphatic heterocycles. The Morgan fingerprint density at radius 3 is 2.25 bits per heavy atom. The van der Waals surface area contributed by atoms with Crippen molar-refractivity contribution < 1.29 is 31.9 Å². The molecule has 8 nitrogen and oxygen atoms in total. The molecule has 1 amide bonds. The monoisotopic (exact) mass is 550 g/mol. The fraction of sp³-hybridized carbons (Fsp3) is 0.241. The van der Waals surface area contributed by atoms with Crippen molar-refractivity contribution in [3.05, 3.63) is 95.5 Å². The Bertz CT molecular complexity index is 1480. The van der Waals surface area contributed by atoms with E-state index in [2.05, 4.69) is 20.0 Å². The van der Waals surface area contributed by atoms with Crippen LogP contribution in [0.5, 0.6) is 0 Å². The van der Waals surface area contributed by atoms with Gasteiger partial charge in [-0.3, -0.25) is 4.79 Å². The van der Waals surface area contributed by atoms with Crippen LogP contribution < -0.4 is 10.2 Å². The van der Waals surface area contributed by atoms with E-state index in [4.69, 9.17) is 4.42 Å². The van der Waals surface area contributed by atoms with E-state index in [0.717, 1.165) is 18.4 Å². The number of piperidine rings is 1. The molecular weight excluding hydrogens is 525 g/mol. The van der Waals surface area contributed by atoms with Crippen molar-refractivity contribution >= 4 is 23.7 Å². The molecule has 0 atom stereocenters. The minimum absolute atomic E-state index is 0.0367. The van der Waals surface area contributed by atoms with Crippen LogP contribution in [0.25, 0.3) is 11.1 Å². The maximum Gasteiger partial charge on any atom is 0.437 e. The minimum Gasteiger partial charge on any atom is -0.465 e. The topological polar surface area (TPSA) is 97.6 Å². The average molecular weight is 551 g/mol. The highest BCUT2D eigenvalue weighted by Crippen LogP contribution is 2.36. The first kappa shape index (κ1) is 26.9. The Balaban J connectivity index is 1.29. The van der Waals surface area contributed by atoms with Crippen LogP contribution in [0.1, 0.15) is 50.9 Å². The Morgan fingerprint density at radius 2 is 1.65 bits per heavy atom. The number of anilines is 2. The SMILES string of the molecule is COC(=O)c1ccc(-c2ccc(NC(=O)c3oc(N4CCC(c5ccccc5)CC4)nc3C(F)(F)F)nc2)cc1. The summed E-state index contributed by atoms with van der Waals surface area (Å²) in [5.74, 6) is -2.16. The van der Waals surface area contributed by atoms with Crippen LogP contribution in [-0.4, -0.2) is 42.0 Å². The Morgan fingerprint density at radius 1 is 0.975 bits per heavy atom. The van der Waals surface area contributed by atoms with Crippen LogP contribution in [0, 0.1) is 0 Å². The molecule has 2 aromatic carbocycles. The number of benzene rings is 2. The number of oxazole rings is 1. The number of hydrogen-bond acceptors (Lipinski definition) is 7. The maximum atomic E-state index is 13.8. The van der Waals surface area contributed by atoms with Crippen LogP contribution in [-0.2, 0) is 10.9 Å². The van der Waals surface area contributed by atoms with Crippen LogP contribution in [0.3, 0.4) is 0 Å². The van der Waals surface area contributed by atoms with Gasteiger partial charge in [0.15, 0.2) is 5.69 Å². The highest BCUT2D eigenvalue weighted by atomic mass is 19.4. The first-order valence-electron chi connectivity index (χ1n) is 12.6. The summed E-state index contributed by atoms with van der Waals surface area (Å²) in [6, 6.07) is 19.4. The van der Waals surface area contributed by atoms with Gasteiger partial charge in [-0.25, -0.2) is 9.78 Å². The zero-order chi connectivity index (χ0) is 28.3. The molecule has 0 spiro atoms. The van der Waals surface area contributed by atoms with Gasteiger partial charge in [0.2, 0.25) is 5.76 Å². The number of ether oxygens (including phenoxy) is 1. The molecule has 0 unspecified atom stereocenters. The predicted octanol–water partition coefficient (Wildman–Crippen LogP) is 6.18. The summed E-state index contributed by atoms with van der Waals surface area (Å²) in [4.78, 5) is 33.9. The Labute approximate surface area is 227 Å². The lowest BCUT2D eigenvalue weighted by Crippen LogP contribution is -2.33. The zero-order valence-electron chi connectivity index (χ0n) is 21.4. The van der Waals surface area contributed by atoms with Crippen molar-refractivity contribution in [3.63, 3.8) is 0 Å². The van der Waals surface area contributed by atoms with E-state index in [1.165, 1.54) is 24.9 Å². The number of carbonyl (C=O) groups is 2. The highest BCUT2D eigenvalue weighted by Gasteiger charge is 2.42. The van der Waals surface area contributed by atoms with Crippen LogP contribution in [0.15, 0.2) is 77.3 Å². The van der Waals surface area contributed by atoms with E-state index in [0.29, 0.717) is 24.2 Å². The molecule has 0 saturated carbocycles. The number of methoxy groups -OCH3 is 1. The quantitative estimate of drug-likeness (QED) is 0.287. The average Bonchev–Trinajstić information content (AvgIpc) is 3.45. The fourth-order valence-corrected chi connectivity index (χ4v) is 4.65. The summed E-state index contributed by atoms with van der Waals surface area (Å²) < 4.78 is 51.4. The third kappa shape index (κ3) is 5.83. The van der Waals surface area contributed by atoms with E-state index in [1.54, 1.807) is 35.2 Å². The molecule has 206 valence electrons. The standard InChI is InChI=1S/C29H25F3N4O4/c1-39-27(38)21-9-7-19(8-10-21)22-11-12-23(33-17-22)34-26(37)24-25(29(30,31)32)35-28(40-24)36-15-13-20(14-16-36)18-5-3-2-4-6-18/h2-12,17,20H,13-16H2,1H3,(H,33,34,37). The summed E-state index contributed by atoms with van der Waals surface area (Å²) in [6.07, 6.45) is -1.99. The first-order chi connectivity index (χ1) is 19.2. The molecule has 3 heterocycles. The molecule has 5 rings (SSSR count). The number of amides is 1. The second-order valence-corrected chi connectivity index (χ2v) is 9.30. The third-order valence-corrected chi connectivity index (χ3v) is 6.77. The van der Waals surface area contributed by atoms with E-state index in [9.17, 15) is 22.8 Å². The maximum absolute atomic E-state index is 13.8. The second kappa shape index (κ2) is 11.2. The van der Waals surface area contributed by atoms with Gasteiger partial charge in [-0.2, -0.15) is 18.2 Å². The third-order valence-electron chi connectivity index (χ3n) is 6.77. The number of alkyl halides is 3. The molecule has 1 fully saturated rings. The molecule has 4 aromatic rings. The lowest BCUT2D eigenvalue weighted by molar-refractivity contribution is -0.141. The molecule has 0 bridgehead atoms. The van der Waals surface area contributed by atoms with E-state index in [1.807, 2.05) is 30.3 Å². The van der Waals surface area contributed by atoms with Gasteiger partial charge in [-0.1, -0.05) is 42.5 Å². The van der Waals surface area contributed by atoms with Gasteiger partial charge in [0.05, 0.1) is 12.7 Å². The number of aromatic nitrogens is 2. The molecule has 0 radical (unpaired) electrons. The van der Waals surface area contributed by atoms with Crippen molar-refractivity contribution in [3.8, 4) is 11.1 Å². The molecule has 2 aromatic heterocycles. The highest BCUT2D eigenvalue weighted by molar-refractivity contribution is 6.02. The summed E-state index contributed by atoms with van der Waals surface area (Å²) >= 11 is 0. The van der Waals surface area contributed by atoms with Gasteiger partial charge in [0.1, 0.15) is 5.82 Å². The number of carbonyl (C=O) groups excluding carboxylic acids is 2. The molecule has 1 N–H and O–H groups in total. The number of rotatable bonds is 6. The smallest absolute Gasteiger partial charge is 0.437 e. The predicted molar refractivity (Wildman–Crippen MR) is 141 cm³/mol. The van der Waals surface area contributed by atoms with Gasteiger partial charge in [-0.05, 0) is 54.2 Å². The lowest BCUT2D eigenvalue weighted by atomic mass is 9.90. The second-order valence-electron chi connectivity index (χ2n) is 9.30. The van der Waals surface area contributed by atoms with E-state index in [-0.39, 0.29) is 17.8 Å². The summed E-state index contributed by atoms with van der Waals surface area (Å²) in [6.45, 7) is 0.893. The summed E-state index contributed by atoms with van der Waals surface area (Å²) in [5, 5.41) is 2.36. The Kier molecular flexibility index (Phi) is 7.54. The van der Waals surface area contributed by atoms with Gasteiger partial charge >= 0.3 is 12.1 Å². The Hall–Kier alpha value is -4.67. The van der Waals surface area contributed by atoms with E-state index >= 15 is 0 Å². The fourth-order valence-electron chi connectivity index (χ4n) is 4.65. The van der Waals surface area contributed by atoms with Gasteiger partial charge in [0, 0.05) is 24.8 Å². The lowest BCUT2D eigenvalue weighted by Gasteiger charge is -2.31. The van der Waals surface area contributed by atoms with Crippen molar-refractivity contribution in [2.24, 2.45) is 0 Å². The molecule has 40 heavy (non-hydrogen) atoms. The van der Waals surface area contributed by atoms with Crippen LogP contribution in [0.2, 0.25) is 0 Å². The normalized spacial score (nSPS) is 14.2. The number of hydrogen-bond donors (Lipinski definition) is 1. The molecule has 1 saturated heterocycles. The zero-order valence-corrected chi connectivity index (χ0v) is 21.4. The van der Waals surface area contributed by atoms with Crippen molar-refractivity contribution in [2.75, 3.05) is 30.4 Å². The molecular formula is C29H25F3N4O4.